The molecule has 2 rings (SSSR count). The lowest BCUT2D eigenvalue weighted by Gasteiger charge is -2.27. The molecule has 0 aliphatic rings. The molecule has 0 aromatic heterocycles. The first-order valence-corrected chi connectivity index (χ1v) is 10.6. The maximum absolute atomic E-state index is 12.9. The van der Waals surface area contributed by atoms with E-state index in [0.717, 1.165) is 9.79 Å². The molecule has 0 aliphatic carbocycles. The highest BCUT2D eigenvalue weighted by Gasteiger charge is 2.39. The molecule has 134 valence electrons. The SMILES string of the molecule is CSc1ccc(C(=O)C(O)(COS(=O)[O-])c2ccc(SC)cc2)cc1. The van der Waals surface area contributed by atoms with E-state index in [2.05, 4.69) is 4.18 Å². The predicted octanol–water partition coefficient (Wildman–Crippen LogP) is 3.01. The lowest BCUT2D eigenvalue weighted by atomic mass is 9.86. The van der Waals surface area contributed by atoms with Crippen molar-refractivity contribution in [3.8, 4) is 0 Å². The molecular formula is C17H17O5S3-. The van der Waals surface area contributed by atoms with Gasteiger partial charge in [-0.2, -0.15) is 0 Å². The number of Topliss-reactive ketones (excluding diaryl/α,β-unsaturated/α-hetero) is 1. The molecule has 0 saturated heterocycles. The van der Waals surface area contributed by atoms with Gasteiger partial charge in [-0.25, -0.2) is 4.21 Å². The van der Waals surface area contributed by atoms with Crippen molar-refractivity contribution >= 4 is 40.7 Å². The number of benzene rings is 2. The number of carbonyl (C=O) groups is 1. The third kappa shape index (κ3) is 4.93. The number of thioether (sulfide) groups is 2. The first-order valence-electron chi connectivity index (χ1n) is 7.19. The highest BCUT2D eigenvalue weighted by Crippen LogP contribution is 2.29. The molecule has 0 saturated carbocycles. The Hall–Kier alpha value is -1.16. The Balaban J connectivity index is 2.41. The molecule has 1 N–H and O–H groups in total. The smallest absolute Gasteiger partial charge is 0.201 e. The van der Waals surface area contributed by atoms with Gasteiger partial charge in [0.1, 0.15) is 6.61 Å². The summed E-state index contributed by atoms with van der Waals surface area (Å²) in [5.41, 5.74) is -1.55. The van der Waals surface area contributed by atoms with Gasteiger partial charge in [-0.15, -0.1) is 23.5 Å². The molecule has 0 aliphatic heterocycles. The van der Waals surface area contributed by atoms with Crippen molar-refractivity contribution in [3.63, 3.8) is 0 Å². The maximum Gasteiger partial charge on any atom is 0.201 e. The zero-order chi connectivity index (χ0) is 18.4. The number of hydrogen-bond acceptors (Lipinski definition) is 7. The van der Waals surface area contributed by atoms with Crippen LogP contribution in [0.5, 0.6) is 0 Å². The van der Waals surface area contributed by atoms with Crippen LogP contribution < -0.4 is 0 Å². The summed E-state index contributed by atoms with van der Waals surface area (Å²) in [6.07, 6.45) is 3.82. The molecule has 0 fully saturated rings. The molecule has 2 aromatic rings. The van der Waals surface area contributed by atoms with Gasteiger partial charge in [0.05, 0.1) is 11.4 Å². The summed E-state index contributed by atoms with van der Waals surface area (Å²) in [5, 5.41) is 11.0. The molecule has 2 aromatic carbocycles. The highest BCUT2D eigenvalue weighted by molar-refractivity contribution is 7.98. The summed E-state index contributed by atoms with van der Waals surface area (Å²) in [6, 6.07) is 13.4. The minimum Gasteiger partial charge on any atom is -0.750 e. The summed E-state index contributed by atoms with van der Waals surface area (Å²) in [4.78, 5) is 14.8. The minimum absolute atomic E-state index is 0.273. The van der Waals surface area contributed by atoms with Crippen LogP contribution in [-0.2, 0) is 21.1 Å². The summed E-state index contributed by atoms with van der Waals surface area (Å²) < 4.78 is 26.1. The van der Waals surface area contributed by atoms with Gasteiger partial charge >= 0.3 is 0 Å². The molecule has 0 heterocycles. The van der Waals surface area contributed by atoms with E-state index in [4.69, 9.17) is 0 Å². The van der Waals surface area contributed by atoms with Crippen LogP contribution in [0.2, 0.25) is 0 Å². The summed E-state index contributed by atoms with van der Waals surface area (Å²) in [5.74, 6) is -0.623. The monoisotopic (exact) mass is 397 g/mol. The second kappa shape index (κ2) is 8.98. The van der Waals surface area contributed by atoms with E-state index in [-0.39, 0.29) is 11.1 Å². The number of rotatable bonds is 8. The Bertz CT molecular complexity index is 746. The van der Waals surface area contributed by atoms with Gasteiger partial charge in [0.2, 0.25) is 5.78 Å². The van der Waals surface area contributed by atoms with Gasteiger partial charge in [0.25, 0.3) is 0 Å². The Morgan fingerprint density at radius 1 is 1.08 bits per heavy atom. The van der Waals surface area contributed by atoms with Gasteiger partial charge in [-0.3, -0.25) is 8.98 Å². The Morgan fingerprint density at radius 2 is 1.56 bits per heavy atom. The van der Waals surface area contributed by atoms with E-state index in [9.17, 15) is 18.7 Å². The van der Waals surface area contributed by atoms with E-state index in [1.165, 1.54) is 23.5 Å². The maximum atomic E-state index is 12.9. The average molecular weight is 398 g/mol. The first kappa shape index (κ1) is 20.2. The normalized spacial score (nSPS) is 14.7. The van der Waals surface area contributed by atoms with Crippen LogP contribution in [0.4, 0.5) is 0 Å². The van der Waals surface area contributed by atoms with E-state index in [0.29, 0.717) is 0 Å². The second-order valence-electron chi connectivity index (χ2n) is 5.11. The quantitative estimate of drug-likeness (QED) is 0.416. The molecular weight excluding hydrogens is 380 g/mol. The predicted molar refractivity (Wildman–Crippen MR) is 99.5 cm³/mol. The van der Waals surface area contributed by atoms with Gasteiger partial charge in [0.15, 0.2) is 5.60 Å². The first-order chi connectivity index (χ1) is 11.9. The van der Waals surface area contributed by atoms with Crippen LogP contribution in [0.3, 0.4) is 0 Å². The van der Waals surface area contributed by atoms with Gasteiger partial charge in [-0.05, 0) is 42.3 Å². The van der Waals surface area contributed by atoms with E-state index in [1.807, 2.05) is 12.5 Å². The van der Waals surface area contributed by atoms with Crippen LogP contribution in [0.25, 0.3) is 0 Å². The molecule has 0 radical (unpaired) electrons. The Morgan fingerprint density at radius 3 is 2.00 bits per heavy atom. The number of carbonyl (C=O) groups excluding carboxylic acids is 1. The van der Waals surface area contributed by atoms with Crippen LogP contribution in [-0.4, -0.2) is 38.8 Å². The van der Waals surface area contributed by atoms with Crippen molar-refractivity contribution in [1.29, 1.82) is 0 Å². The minimum atomic E-state index is -2.84. The Labute approximate surface area is 157 Å². The fourth-order valence-corrected chi connectivity index (χ4v) is 3.34. The van der Waals surface area contributed by atoms with Crippen LogP contribution >= 0.6 is 23.5 Å². The fraction of sp³-hybridized carbons (Fsp3) is 0.235. The van der Waals surface area contributed by atoms with Crippen molar-refractivity contribution in [3.05, 3.63) is 59.7 Å². The van der Waals surface area contributed by atoms with Gasteiger partial charge in [0, 0.05) is 15.4 Å². The van der Waals surface area contributed by atoms with E-state index < -0.39 is 29.4 Å². The third-order valence-corrected chi connectivity index (χ3v) is 5.46. The number of hydrogen-bond donors (Lipinski definition) is 1. The molecule has 0 amide bonds. The second-order valence-corrected chi connectivity index (χ2v) is 7.52. The molecule has 0 spiro atoms. The summed E-state index contributed by atoms with van der Waals surface area (Å²) in [6.45, 7) is -0.690. The largest absolute Gasteiger partial charge is 0.750 e. The standard InChI is InChI=1S/C17H18O5S3/c1-23-14-7-3-12(4-8-14)16(18)17(19,11-22-25(20)21)13-5-9-15(24-2)10-6-13/h3-10,19H,11H2,1-2H3,(H,20,21)/p-1. The van der Waals surface area contributed by atoms with Gasteiger partial charge < -0.3 is 9.66 Å². The van der Waals surface area contributed by atoms with Crippen molar-refractivity contribution in [2.24, 2.45) is 0 Å². The van der Waals surface area contributed by atoms with Crippen LogP contribution in [0.15, 0.2) is 58.3 Å². The molecule has 5 nitrogen and oxygen atoms in total. The molecule has 2 unspecified atom stereocenters. The van der Waals surface area contributed by atoms with Crippen molar-refractivity contribution < 1.29 is 22.8 Å². The fourth-order valence-electron chi connectivity index (χ4n) is 2.26. The lowest BCUT2D eigenvalue weighted by molar-refractivity contribution is 0.00353. The van der Waals surface area contributed by atoms with E-state index >= 15 is 0 Å². The zero-order valence-electron chi connectivity index (χ0n) is 13.6. The van der Waals surface area contributed by atoms with Crippen molar-refractivity contribution in [2.45, 2.75) is 15.4 Å². The van der Waals surface area contributed by atoms with Gasteiger partial charge in [-0.1, -0.05) is 24.3 Å². The lowest BCUT2D eigenvalue weighted by Crippen LogP contribution is -2.40. The topological polar surface area (TPSA) is 86.7 Å². The molecule has 2 atom stereocenters. The van der Waals surface area contributed by atoms with Crippen LogP contribution in [0, 0.1) is 0 Å². The third-order valence-electron chi connectivity index (χ3n) is 3.66. The van der Waals surface area contributed by atoms with E-state index in [1.54, 1.807) is 48.5 Å². The van der Waals surface area contributed by atoms with Crippen LogP contribution in [0.1, 0.15) is 15.9 Å². The van der Waals surface area contributed by atoms with Crippen molar-refractivity contribution in [2.75, 3.05) is 19.1 Å². The summed E-state index contributed by atoms with van der Waals surface area (Å²) in [7, 11) is 0. The number of ketones is 1. The highest BCUT2D eigenvalue weighted by atomic mass is 32.2. The summed E-state index contributed by atoms with van der Waals surface area (Å²) >= 11 is 0.206. The molecule has 25 heavy (non-hydrogen) atoms. The van der Waals surface area contributed by atoms with Crippen molar-refractivity contribution in [1.82, 2.24) is 0 Å². The Kier molecular flexibility index (Phi) is 7.24. The molecule has 8 heteroatoms. The zero-order valence-corrected chi connectivity index (χ0v) is 16.1. The average Bonchev–Trinajstić information content (AvgIpc) is 2.65. The molecule has 0 bridgehead atoms. The number of aliphatic hydroxyl groups is 1.